The molecule has 2 aromatic carbocycles. The first-order valence-corrected chi connectivity index (χ1v) is 26.8. The summed E-state index contributed by atoms with van der Waals surface area (Å²) in [6, 6.07) is 7.41. The topological polar surface area (TPSA) is 326 Å². The Bertz CT molecular complexity index is 2950. The maximum Gasteiger partial charge on any atom is 0.303 e. The normalized spacial score (nSPS) is 21.9. The lowest BCUT2D eigenvalue weighted by atomic mass is 9.98. The van der Waals surface area contributed by atoms with Crippen LogP contribution in [0.5, 0.6) is 28.7 Å². The zero-order valence-corrected chi connectivity index (χ0v) is 48.8. The van der Waals surface area contributed by atoms with Crippen LogP contribution in [0.3, 0.4) is 0 Å². The Hall–Kier alpha value is -8.46. The number of benzene rings is 2. The minimum Gasteiger partial charge on any atom is -0.493 e. The Morgan fingerprint density at radius 1 is 0.548 bits per heavy atom. The summed E-state index contributed by atoms with van der Waals surface area (Å²) in [7, 11) is 4.07. The van der Waals surface area contributed by atoms with Crippen molar-refractivity contribution in [3.05, 3.63) is 52.3 Å². The van der Waals surface area contributed by atoms with Crippen molar-refractivity contribution in [3.63, 3.8) is 0 Å². The Labute approximate surface area is 483 Å². The number of nitrogens with zero attached hydrogens (tertiary/aromatic N) is 1. The number of ether oxygens (including phenoxy) is 15. The van der Waals surface area contributed by atoms with Gasteiger partial charge in [0, 0.05) is 79.6 Å². The van der Waals surface area contributed by atoms with E-state index in [1.54, 1.807) is 0 Å². The van der Waals surface area contributed by atoms with Crippen molar-refractivity contribution in [2.45, 2.75) is 162 Å². The molecule has 0 saturated carbocycles. The van der Waals surface area contributed by atoms with E-state index in [0.29, 0.717) is 12.0 Å². The largest absolute Gasteiger partial charge is 0.493 e. The molecule has 0 radical (unpaired) electrons. The zero-order chi connectivity index (χ0) is 61.9. The van der Waals surface area contributed by atoms with E-state index in [1.807, 2.05) is 0 Å². The van der Waals surface area contributed by atoms with E-state index in [-0.39, 0.29) is 51.9 Å². The van der Waals surface area contributed by atoms with Gasteiger partial charge in [-0.25, -0.2) is 0 Å². The number of hydrogen-bond acceptors (Lipinski definition) is 25. The number of aryl methyl sites for hydroxylation is 1. The maximum absolute atomic E-state index is 14.4. The highest BCUT2D eigenvalue weighted by molar-refractivity contribution is 6.03. The van der Waals surface area contributed by atoms with Gasteiger partial charge in [0.05, 0.1) is 26.3 Å². The van der Waals surface area contributed by atoms with Crippen LogP contribution < -0.4 is 34.6 Å². The van der Waals surface area contributed by atoms with E-state index < -0.39 is 134 Å². The molecule has 1 amide bonds. The van der Waals surface area contributed by atoms with Crippen molar-refractivity contribution in [3.8, 4) is 28.7 Å². The number of carbonyl (C=O) groups is 9. The second-order valence-electron chi connectivity index (χ2n) is 19.3. The quantitative estimate of drug-likeness (QED) is 0.0460. The fourth-order valence-corrected chi connectivity index (χ4v) is 9.13. The van der Waals surface area contributed by atoms with Crippen molar-refractivity contribution in [1.82, 2.24) is 4.57 Å². The second kappa shape index (κ2) is 31.3. The summed E-state index contributed by atoms with van der Waals surface area (Å²) in [5, 5.41) is 2.98. The average Bonchev–Trinajstić information content (AvgIpc) is 2.14. The summed E-state index contributed by atoms with van der Waals surface area (Å²) in [6.45, 7) is 9.83. The van der Waals surface area contributed by atoms with Crippen molar-refractivity contribution in [1.29, 1.82) is 0 Å². The number of amides is 1. The van der Waals surface area contributed by atoms with Gasteiger partial charge < -0.3 is 80.9 Å². The molecule has 0 aliphatic carbocycles. The van der Waals surface area contributed by atoms with E-state index in [4.69, 9.17) is 71.1 Å². The molecule has 2 aliphatic heterocycles. The molecular weight excluding hydrogens is 1110 g/mol. The van der Waals surface area contributed by atoms with Gasteiger partial charge in [-0.05, 0) is 48.4 Å². The first kappa shape index (κ1) is 66.3. The number of hydrogen-bond donors (Lipinski definition) is 1. The van der Waals surface area contributed by atoms with Crippen LogP contribution in [0.4, 0.5) is 5.69 Å². The van der Waals surface area contributed by atoms with Crippen LogP contribution in [-0.4, -0.2) is 154 Å². The van der Waals surface area contributed by atoms with Crippen LogP contribution in [0.15, 0.2) is 41.2 Å². The number of methoxy groups -OCH3 is 2. The Kier molecular flexibility index (Phi) is 24.7. The number of anilines is 1. The lowest BCUT2D eigenvalue weighted by Gasteiger charge is -2.44. The van der Waals surface area contributed by atoms with Gasteiger partial charge in [0.2, 0.25) is 42.2 Å². The van der Waals surface area contributed by atoms with Crippen molar-refractivity contribution >= 4 is 76.3 Å². The number of esters is 8. The summed E-state index contributed by atoms with van der Waals surface area (Å²) in [5.74, 6) is -7.87. The van der Waals surface area contributed by atoms with E-state index >= 15 is 0 Å². The lowest BCUT2D eigenvalue weighted by Crippen LogP contribution is -2.63. The third kappa shape index (κ3) is 18.5. The van der Waals surface area contributed by atoms with Crippen LogP contribution in [0.25, 0.3) is 17.0 Å². The number of nitrogens with one attached hydrogen (secondary N) is 1. The van der Waals surface area contributed by atoms with Crippen LogP contribution >= 0.6 is 0 Å². The molecule has 0 unspecified atom stereocenters. The van der Waals surface area contributed by atoms with Gasteiger partial charge in [0.1, 0.15) is 25.4 Å². The summed E-state index contributed by atoms with van der Waals surface area (Å²) < 4.78 is 87.6. The molecule has 10 atom stereocenters. The minimum atomic E-state index is -1.75. The van der Waals surface area contributed by atoms with Gasteiger partial charge in [0.25, 0.3) is 5.56 Å². The third-order valence-corrected chi connectivity index (χ3v) is 12.6. The van der Waals surface area contributed by atoms with Gasteiger partial charge in [-0.1, -0.05) is 39.0 Å². The summed E-state index contributed by atoms with van der Waals surface area (Å²) >= 11 is 0. The monoisotopic (exact) mass is 1180 g/mol. The number of fused-ring (bicyclic) bond motifs is 1. The first-order chi connectivity index (χ1) is 39.8. The molecule has 3 heterocycles. The number of aromatic nitrogens is 1. The van der Waals surface area contributed by atoms with Gasteiger partial charge in [0.15, 0.2) is 41.7 Å². The molecule has 2 saturated heterocycles. The molecule has 2 fully saturated rings. The molecular formula is C57H72N2O25. The van der Waals surface area contributed by atoms with Gasteiger partial charge in [-0.2, -0.15) is 0 Å². The van der Waals surface area contributed by atoms with Crippen LogP contribution in [0.2, 0.25) is 0 Å². The van der Waals surface area contributed by atoms with E-state index in [0.717, 1.165) is 87.5 Å². The molecule has 1 aromatic heterocycles. The smallest absolute Gasteiger partial charge is 0.303 e. The Morgan fingerprint density at radius 3 is 1.44 bits per heavy atom. The van der Waals surface area contributed by atoms with Gasteiger partial charge >= 0.3 is 47.8 Å². The van der Waals surface area contributed by atoms with Crippen LogP contribution in [-0.2, 0) is 97.6 Å². The SMILES string of the molecule is CCCCCCCCOc1c(O[C@H]2O[C@H](COC(C)=O)[C@@H](OC(C)=O)[C@H](OC(C)=O)[C@@H]2OC(C)=O)c2ccc(NC(=O)C=Cc3cc(OC)c(O[C@H]4O[C@H](COC(C)=O)[C@@H](OC(C)=O)[C@H](OC(C)=O)[C@@H]4OC(C)=O)c(OC)c3)cc2n(C)c1=O. The van der Waals surface area contributed by atoms with Gasteiger partial charge in [-0.3, -0.25) is 47.9 Å². The van der Waals surface area contributed by atoms with E-state index in [9.17, 15) is 47.9 Å². The Morgan fingerprint density at radius 2 is 0.988 bits per heavy atom. The number of unbranched alkanes of at least 4 members (excludes halogenated alkanes) is 5. The highest BCUT2D eigenvalue weighted by Gasteiger charge is 2.55. The maximum atomic E-state index is 14.4. The van der Waals surface area contributed by atoms with Crippen molar-refractivity contribution in [2.24, 2.45) is 7.05 Å². The van der Waals surface area contributed by atoms with Crippen LogP contribution in [0.1, 0.15) is 106 Å². The molecule has 27 heteroatoms. The molecule has 1 N–H and O–H groups in total. The first-order valence-electron chi connectivity index (χ1n) is 26.8. The van der Waals surface area contributed by atoms with Crippen molar-refractivity contribution < 1.29 is 114 Å². The molecule has 27 nitrogen and oxygen atoms in total. The summed E-state index contributed by atoms with van der Waals surface area (Å²) in [5.41, 5.74) is 0.0130. The number of pyridine rings is 1. The summed E-state index contributed by atoms with van der Waals surface area (Å²) in [4.78, 5) is 127. The predicted molar refractivity (Wildman–Crippen MR) is 290 cm³/mol. The average molecular weight is 1190 g/mol. The molecule has 3 aromatic rings. The molecule has 2 aliphatic rings. The number of rotatable bonds is 27. The zero-order valence-electron chi connectivity index (χ0n) is 48.8. The minimum absolute atomic E-state index is 0.00474. The second-order valence-corrected chi connectivity index (χ2v) is 19.3. The summed E-state index contributed by atoms with van der Waals surface area (Å²) in [6.07, 6.45) is -7.46. The predicted octanol–water partition coefficient (Wildman–Crippen LogP) is 4.87. The molecule has 460 valence electrons. The molecule has 84 heavy (non-hydrogen) atoms. The molecule has 0 spiro atoms. The van der Waals surface area contributed by atoms with E-state index in [1.165, 1.54) is 68.3 Å². The standard InChI is InChI=1S/C57H72N2O25/c1-13-14-15-16-17-18-23-72-52-46(83-56-53(79-35(8)66)50(77-33(6)64)48(75-31(4)62)43(81-56)27-73-29(2)60)39-21-20-38(26-40(39)59(10)55(52)69)58-45(68)22-19-37-24-41(70-11)47(42(25-37)71-12)84-57-54(80-36(9)67)51(78-34(7)65)49(76-32(5)63)44(82-57)28-74-30(3)61/h19-22,24-26,43-44,48-51,53-54,56-57H,13-18,23,27-28H2,1-12H3,(H,58,68)/t43-,44-,48-,49-,50+,51+,53+,54+,56-,57-/m1/s1. The third-order valence-electron chi connectivity index (χ3n) is 12.6. The lowest BCUT2D eigenvalue weighted by molar-refractivity contribution is -0.288. The fraction of sp³-hybridized carbons (Fsp3) is 0.544. The van der Waals surface area contributed by atoms with Crippen LogP contribution in [0, 0.1) is 0 Å². The molecule has 5 rings (SSSR count). The van der Waals surface area contributed by atoms with Crippen molar-refractivity contribution in [2.75, 3.05) is 39.4 Å². The highest BCUT2D eigenvalue weighted by atomic mass is 16.8. The van der Waals surface area contributed by atoms with Gasteiger partial charge in [-0.15, -0.1) is 0 Å². The van der Waals surface area contributed by atoms with E-state index in [2.05, 4.69) is 12.2 Å². The Balaban J connectivity index is 1.52. The number of carbonyl (C=O) groups excluding carboxylic acids is 9. The fourth-order valence-electron chi connectivity index (χ4n) is 9.13. The highest BCUT2D eigenvalue weighted by Crippen LogP contribution is 2.43. The molecule has 0 bridgehead atoms.